The van der Waals surface area contributed by atoms with Crippen LogP contribution in [0.1, 0.15) is 0 Å². The highest BCUT2D eigenvalue weighted by Crippen LogP contribution is 2.26. The van der Waals surface area contributed by atoms with E-state index >= 15 is 0 Å². The molecule has 0 aliphatic carbocycles. The summed E-state index contributed by atoms with van der Waals surface area (Å²) in [6.07, 6.45) is 1.96. The van der Waals surface area contributed by atoms with Crippen LogP contribution in [0.25, 0.3) is 11.0 Å². The minimum absolute atomic E-state index is 0.227. The predicted molar refractivity (Wildman–Crippen MR) is 55.7 cm³/mol. The third-order valence-corrected chi connectivity index (χ3v) is 2.79. The molecule has 0 fully saturated rings. The third kappa shape index (κ3) is 1.47. The standard InChI is InChI=1S/C8H7ClN2OS/c1-13-4-2-5(9)7-6(3-4)10-8(12)11-7/h2-3H,1H3,(H2,10,11,12). The van der Waals surface area contributed by atoms with E-state index in [1.165, 1.54) is 0 Å². The van der Waals surface area contributed by atoms with Gasteiger partial charge in [-0.3, -0.25) is 0 Å². The van der Waals surface area contributed by atoms with E-state index in [1.54, 1.807) is 11.8 Å². The maximum Gasteiger partial charge on any atom is 0.323 e. The predicted octanol–water partition coefficient (Wildman–Crippen LogP) is 2.23. The lowest BCUT2D eigenvalue weighted by Crippen LogP contribution is -1.99. The minimum atomic E-state index is -0.227. The Balaban J connectivity index is 2.83. The van der Waals surface area contributed by atoms with Crippen molar-refractivity contribution < 1.29 is 0 Å². The van der Waals surface area contributed by atoms with E-state index in [-0.39, 0.29) is 5.69 Å². The molecule has 2 aromatic rings. The van der Waals surface area contributed by atoms with Crippen LogP contribution in [0.5, 0.6) is 0 Å². The van der Waals surface area contributed by atoms with Gasteiger partial charge in [-0.05, 0) is 18.4 Å². The third-order valence-electron chi connectivity index (χ3n) is 1.79. The number of fused-ring (bicyclic) bond motifs is 1. The van der Waals surface area contributed by atoms with E-state index in [2.05, 4.69) is 9.97 Å². The Bertz CT molecular complexity index is 502. The summed E-state index contributed by atoms with van der Waals surface area (Å²) >= 11 is 7.54. The Hall–Kier alpha value is -0.870. The molecule has 3 nitrogen and oxygen atoms in total. The number of nitrogens with one attached hydrogen (secondary N) is 2. The van der Waals surface area contributed by atoms with Gasteiger partial charge in [0.25, 0.3) is 0 Å². The first-order valence-corrected chi connectivity index (χ1v) is 5.26. The summed E-state index contributed by atoms with van der Waals surface area (Å²) in [5, 5.41) is 0.570. The molecule has 0 saturated heterocycles. The van der Waals surface area contributed by atoms with Crippen LogP contribution in [-0.2, 0) is 0 Å². The number of aromatic nitrogens is 2. The zero-order valence-electron chi connectivity index (χ0n) is 6.85. The fourth-order valence-electron chi connectivity index (χ4n) is 1.19. The van der Waals surface area contributed by atoms with Gasteiger partial charge in [0, 0.05) is 4.90 Å². The van der Waals surface area contributed by atoms with E-state index in [1.807, 2.05) is 18.4 Å². The fourth-order valence-corrected chi connectivity index (χ4v) is 2.00. The van der Waals surface area contributed by atoms with Crippen LogP contribution in [0.15, 0.2) is 21.8 Å². The molecule has 2 N–H and O–H groups in total. The Morgan fingerprint density at radius 1 is 1.38 bits per heavy atom. The number of halogens is 1. The van der Waals surface area contributed by atoms with Crippen LogP contribution in [-0.4, -0.2) is 16.2 Å². The van der Waals surface area contributed by atoms with E-state index in [0.29, 0.717) is 10.5 Å². The molecule has 0 unspecified atom stereocenters. The molecule has 0 amide bonds. The first-order chi connectivity index (χ1) is 6.20. The number of imidazole rings is 1. The Morgan fingerprint density at radius 3 is 2.85 bits per heavy atom. The van der Waals surface area contributed by atoms with Crippen LogP contribution in [0.4, 0.5) is 0 Å². The molecule has 1 aromatic carbocycles. The second kappa shape index (κ2) is 3.12. The van der Waals surface area contributed by atoms with Crippen molar-refractivity contribution >= 4 is 34.4 Å². The van der Waals surface area contributed by atoms with Crippen molar-refractivity contribution in [2.45, 2.75) is 4.90 Å². The van der Waals surface area contributed by atoms with Gasteiger partial charge < -0.3 is 9.97 Å². The topological polar surface area (TPSA) is 48.6 Å². The van der Waals surface area contributed by atoms with E-state index in [9.17, 15) is 4.79 Å². The summed E-state index contributed by atoms with van der Waals surface area (Å²) in [5.74, 6) is 0. The molecule has 1 aromatic heterocycles. The average molecular weight is 215 g/mol. The normalized spacial score (nSPS) is 10.9. The van der Waals surface area contributed by atoms with Crippen molar-refractivity contribution in [3.8, 4) is 0 Å². The maximum atomic E-state index is 11.0. The zero-order chi connectivity index (χ0) is 9.42. The molecule has 0 bridgehead atoms. The number of H-pyrrole nitrogens is 2. The van der Waals surface area contributed by atoms with Crippen molar-refractivity contribution in [3.63, 3.8) is 0 Å². The summed E-state index contributed by atoms with van der Waals surface area (Å²) in [4.78, 5) is 17.3. The molecule has 2 rings (SSSR count). The maximum absolute atomic E-state index is 11.0. The highest BCUT2D eigenvalue weighted by molar-refractivity contribution is 7.98. The summed E-state index contributed by atoms with van der Waals surface area (Å²) in [5.41, 5.74) is 1.20. The number of hydrogen-bond acceptors (Lipinski definition) is 2. The largest absolute Gasteiger partial charge is 0.323 e. The van der Waals surface area contributed by atoms with Gasteiger partial charge in [0.05, 0.1) is 16.1 Å². The van der Waals surface area contributed by atoms with Gasteiger partial charge >= 0.3 is 5.69 Å². The van der Waals surface area contributed by atoms with Crippen molar-refractivity contribution in [3.05, 3.63) is 27.6 Å². The van der Waals surface area contributed by atoms with E-state index in [0.717, 1.165) is 10.4 Å². The van der Waals surface area contributed by atoms with Gasteiger partial charge in [-0.1, -0.05) is 11.6 Å². The van der Waals surface area contributed by atoms with E-state index in [4.69, 9.17) is 11.6 Å². The minimum Gasteiger partial charge on any atom is -0.306 e. The molecule has 0 radical (unpaired) electrons. The molecular formula is C8H7ClN2OS. The Kier molecular flexibility index (Phi) is 2.09. The van der Waals surface area contributed by atoms with Gasteiger partial charge in [0.1, 0.15) is 0 Å². The molecule has 1 heterocycles. The number of benzene rings is 1. The van der Waals surface area contributed by atoms with E-state index < -0.39 is 0 Å². The molecule has 13 heavy (non-hydrogen) atoms. The monoisotopic (exact) mass is 214 g/mol. The molecular weight excluding hydrogens is 208 g/mol. The van der Waals surface area contributed by atoms with Crippen LogP contribution in [0.2, 0.25) is 5.02 Å². The molecule has 0 saturated carbocycles. The number of aromatic amines is 2. The molecule has 68 valence electrons. The van der Waals surface area contributed by atoms with Gasteiger partial charge in [0.2, 0.25) is 0 Å². The number of rotatable bonds is 1. The average Bonchev–Trinajstić information content (AvgIpc) is 2.46. The summed E-state index contributed by atoms with van der Waals surface area (Å²) in [7, 11) is 0. The number of thioether (sulfide) groups is 1. The summed E-state index contributed by atoms with van der Waals surface area (Å²) in [6, 6.07) is 3.72. The Morgan fingerprint density at radius 2 is 2.15 bits per heavy atom. The van der Waals surface area contributed by atoms with Crippen molar-refractivity contribution in [1.29, 1.82) is 0 Å². The van der Waals surface area contributed by atoms with Crippen molar-refractivity contribution in [2.75, 3.05) is 6.26 Å². The smallest absolute Gasteiger partial charge is 0.306 e. The Labute approximate surface area is 83.5 Å². The lowest BCUT2D eigenvalue weighted by atomic mass is 10.3. The zero-order valence-corrected chi connectivity index (χ0v) is 8.42. The van der Waals surface area contributed by atoms with Crippen LogP contribution in [0, 0.1) is 0 Å². The lowest BCUT2D eigenvalue weighted by molar-refractivity contribution is 1.21. The highest BCUT2D eigenvalue weighted by Gasteiger charge is 2.04. The van der Waals surface area contributed by atoms with Gasteiger partial charge in [0.15, 0.2) is 0 Å². The van der Waals surface area contributed by atoms with Gasteiger partial charge in [-0.15, -0.1) is 11.8 Å². The fraction of sp³-hybridized carbons (Fsp3) is 0.125. The second-order valence-corrected chi connectivity index (χ2v) is 3.90. The quantitative estimate of drug-likeness (QED) is 0.716. The second-order valence-electron chi connectivity index (χ2n) is 2.61. The van der Waals surface area contributed by atoms with Gasteiger partial charge in [-0.25, -0.2) is 4.79 Å². The van der Waals surface area contributed by atoms with Crippen LogP contribution < -0.4 is 5.69 Å². The van der Waals surface area contributed by atoms with Crippen LogP contribution >= 0.6 is 23.4 Å². The summed E-state index contributed by atoms with van der Waals surface area (Å²) < 4.78 is 0. The highest BCUT2D eigenvalue weighted by atomic mass is 35.5. The first-order valence-electron chi connectivity index (χ1n) is 3.66. The molecule has 0 aliphatic heterocycles. The molecule has 0 aliphatic rings. The van der Waals surface area contributed by atoms with Crippen LogP contribution in [0.3, 0.4) is 0 Å². The molecule has 5 heteroatoms. The number of hydrogen-bond donors (Lipinski definition) is 2. The summed E-state index contributed by atoms with van der Waals surface area (Å²) in [6.45, 7) is 0. The van der Waals surface area contributed by atoms with Gasteiger partial charge in [-0.2, -0.15) is 0 Å². The van der Waals surface area contributed by atoms with Crippen molar-refractivity contribution in [1.82, 2.24) is 9.97 Å². The molecule has 0 spiro atoms. The lowest BCUT2D eigenvalue weighted by Gasteiger charge is -1.97. The van der Waals surface area contributed by atoms with Crippen molar-refractivity contribution in [2.24, 2.45) is 0 Å². The SMILES string of the molecule is CSc1cc(Cl)c2[nH]c(=O)[nH]c2c1. The molecule has 0 atom stereocenters. The first kappa shape index (κ1) is 8.72.